The van der Waals surface area contributed by atoms with E-state index in [0.717, 1.165) is 37.7 Å². The summed E-state index contributed by atoms with van der Waals surface area (Å²) >= 11 is 0. The Hall–Kier alpha value is -1.42. The van der Waals surface area contributed by atoms with E-state index in [4.69, 9.17) is 5.73 Å². The van der Waals surface area contributed by atoms with Crippen molar-refractivity contribution >= 4 is 5.69 Å². The van der Waals surface area contributed by atoms with E-state index in [9.17, 15) is 10.1 Å². The minimum Gasteiger partial charge on any atom is -0.327 e. The van der Waals surface area contributed by atoms with Crippen LogP contribution in [0.1, 0.15) is 45.1 Å². The van der Waals surface area contributed by atoms with Gasteiger partial charge in [0.2, 0.25) is 0 Å². The first kappa shape index (κ1) is 15.6. The number of nitro groups is 1. The van der Waals surface area contributed by atoms with Gasteiger partial charge in [0.15, 0.2) is 0 Å². The van der Waals surface area contributed by atoms with Crippen LogP contribution < -0.4 is 5.73 Å². The van der Waals surface area contributed by atoms with Crippen LogP contribution in [0.3, 0.4) is 0 Å². The van der Waals surface area contributed by atoms with E-state index in [0.29, 0.717) is 5.92 Å². The number of benzene rings is 1. The molecule has 1 unspecified atom stereocenters. The SMILES string of the molecule is CCCC(CCC)C(N)Cc1ccc([N+](=O)[O-])cc1. The Kier molecular flexibility index (Phi) is 6.50. The van der Waals surface area contributed by atoms with Crippen molar-refractivity contribution in [3.63, 3.8) is 0 Å². The maximum atomic E-state index is 10.6. The van der Waals surface area contributed by atoms with Gasteiger partial charge in [-0.3, -0.25) is 10.1 Å². The maximum Gasteiger partial charge on any atom is 0.269 e. The van der Waals surface area contributed by atoms with Crippen LogP contribution in [0.25, 0.3) is 0 Å². The normalized spacial score (nSPS) is 12.6. The monoisotopic (exact) mass is 264 g/mol. The summed E-state index contributed by atoms with van der Waals surface area (Å²) in [6, 6.07) is 6.87. The van der Waals surface area contributed by atoms with E-state index >= 15 is 0 Å². The van der Waals surface area contributed by atoms with E-state index in [1.54, 1.807) is 12.1 Å². The fourth-order valence-corrected chi connectivity index (χ4v) is 2.51. The average molecular weight is 264 g/mol. The second kappa shape index (κ2) is 7.89. The maximum absolute atomic E-state index is 10.6. The number of nitro benzene ring substituents is 1. The summed E-state index contributed by atoms with van der Waals surface area (Å²) in [5.41, 5.74) is 7.50. The summed E-state index contributed by atoms with van der Waals surface area (Å²) < 4.78 is 0. The van der Waals surface area contributed by atoms with Crippen molar-refractivity contribution in [1.82, 2.24) is 0 Å². The van der Waals surface area contributed by atoms with E-state index in [1.807, 2.05) is 12.1 Å². The van der Waals surface area contributed by atoms with Crippen molar-refractivity contribution in [2.75, 3.05) is 0 Å². The van der Waals surface area contributed by atoms with E-state index < -0.39 is 0 Å². The zero-order valence-corrected chi connectivity index (χ0v) is 11.8. The molecule has 0 radical (unpaired) electrons. The number of rotatable bonds is 8. The highest BCUT2D eigenvalue weighted by atomic mass is 16.6. The number of hydrogen-bond donors (Lipinski definition) is 1. The molecule has 1 atom stereocenters. The summed E-state index contributed by atoms with van der Waals surface area (Å²) in [7, 11) is 0. The quantitative estimate of drug-likeness (QED) is 0.575. The lowest BCUT2D eigenvalue weighted by molar-refractivity contribution is -0.384. The minimum atomic E-state index is -0.374. The van der Waals surface area contributed by atoms with Crippen LogP contribution in [0.15, 0.2) is 24.3 Å². The van der Waals surface area contributed by atoms with Gasteiger partial charge in [-0.2, -0.15) is 0 Å². The molecule has 106 valence electrons. The van der Waals surface area contributed by atoms with Crippen LogP contribution in [-0.2, 0) is 6.42 Å². The lowest BCUT2D eigenvalue weighted by Crippen LogP contribution is -2.32. The third-order valence-corrected chi connectivity index (χ3v) is 3.54. The van der Waals surface area contributed by atoms with Gasteiger partial charge < -0.3 is 5.73 Å². The molecule has 0 amide bonds. The summed E-state index contributed by atoms with van der Waals surface area (Å²) in [5.74, 6) is 0.546. The minimum absolute atomic E-state index is 0.135. The molecule has 0 aliphatic heterocycles. The molecule has 0 saturated heterocycles. The van der Waals surface area contributed by atoms with Crippen molar-refractivity contribution in [2.24, 2.45) is 11.7 Å². The Labute approximate surface area is 115 Å². The van der Waals surface area contributed by atoms with Crippen LogP contribution in [0.2, 0.25) is 0 Å². The fraction of sp³-hybridized carbons (Fsp3) is 0.600. The van der Waals surface area contributed by atoms with Crippen LogP contribution in [-0.4, -0.2) is 11.0 Å². The third-order valence-electron chi connectivity index (χ3n) is 3.54. The molecule has 0 heterocycles. The molecule has 0 fully saturated rings. The molecular weight excluding hydrogens is 240 g/mol. The molecule has 0 spiro atoms. The molecule has 0 saturated carbocycles. The third kappa shape index (κ3) is 4.99. The van der Waals surface area contributed by atoms with Crippen LogP contribution in [0, 0.1) is 16.0 Å². The highest BCUT2D eigenvalue weighted by molar-refractivity contribution is 5.33. The Bertz CT molecular complexity index is 384. The molecule has 4 heteroatoms. The van der Waals surface area contributed by atoms with Crippen LogP contribution in [0.5, 0.6) is 0 Å². The Morgan fingerprint density at radius 3 is 2.11 bits per heavy atom. The van der Waals surface area contributed by atoms with Crippen LogP contribution in [0.4, 0.5) is 5.69 Å². The van der Waals surface area contributed by atoms with Gasteiger partial charge >= 0.3 is 0 Å². The van der Waals surface area contributed by atoms with E-state index in [-0.39, 0.29) is 16.7 Å². The number of nitrogens with two attached hydrogens (primary N) is 1. The highest BCUT2D eigenvalue weighted by Gasteiger charge is 2.17. The second-order valence-electron chi connectivity index (χ2n) is 5.13. The molecule has 0 aromatic heterocycles. The lowest BCUT2D eigenvalue weighted by Gasteiger charge is -2.23. The molecule has 0 aliphatic rings. The van der Waals surface area contributed by atoms with Gasteiger partial charge in [0.1, 0.15) is 0 Å². The zero-order chi connectivity index (χ0) is 14.3. The van der Waals surface area contributed by atoms with E-state index in [1.165, 1.54) is 0 Å². The highest BCUT2D eigenvalue weighted by Crippen LogP contribution is 2.20. The fourth-order valence-electron chi connectivity index (χ4n) is 2.51. The van der Waals surface area contributed by atoms with Gasteiger partial charge in [0, 0.05) is 18.2 Å². The molecule has 1 rings (SSSR count). The summed E-state index contributed by atoms with van der Waals surface area (Å²) in [6.45, 7) is 4.36. The molecular formula is C15H24N2O2. The average Bonchev–Trinajstić information content (AvgIpc) is 2.39. The van der Waals surface area contributed by atoms with Crippen LogP contribution >= 0.6 is 0 Å². The van der Waals surface area contributed by atoms with Crippen molar-refractivity contribution in [2.45, 2.75) is 52.0 Å². The molecule has 0 aliphatic carbocycles. The molecule has 4 nitrogen and oxygen atoms in total. The summed E-state index contributed by atoms with van der Waals surface area (Å²) in [6.07, 6.45) is 5.41. The van der Waals surface area contributed by atoms with Gasteiger partial charge in [-0.05, 0) is 30.7 Å². The van der Waals surface area contributed by atoms with E-state index in [2.05, 4.69) is 13.8 Å². The van der Waals surface area contributed by atoms with Crippen molar-refractivity contribution in [3.05, 3.63) is 39.9 Å². The first-order valence-corrected chi connectivity index (χ1v) is 7.07. The predicted octanol–water partition coefficient (Wildman–Crippen LogP) is 3.68. The summed E-state index contributed by atoms with van der Waals surface area (Å²) in [4.78, 5) is 10.2. The second-order valence-corrected chi connectivity index (χ2v) is 5.13. The molecule has 2 N–H and O–H groups in total. The first-order chi connectivity index (χ1) is 9.08. The van der Waals surface area contributed by atoms with Gasteiger partial charge in [-0.15, -0.1) is 0 Å². The molecule has 19 heavy (non-hydrogen) atoms. The standard InChI is InChI=1S/C15H24N2O2/c1-3-5-13(6-4-2)15(16)11-12-7-9-14(10-8-12)17(18)19/h7-10,13,15H,3-6,11,16H2,1-2H3. The smallest absolute Gasteiger partial charge is 0.269 e. The van der Waals surface area contributed by atoms with Crippen molar-refractivity contribution in [3.8, 4) is 0 Å². The Morgan fingerprint density at radius 1 is 1.16 bits per heavy atom. The number of hydrogen-bond acceptors (Lipinski definition) is 3. The largest absolute Gasteiger partial charge is 0.327 e. The first-order valence-electron chi connectivity index (χ1n) is 7.07. The van der Waals surface area contributed by atoms with Gasteiger partial charge in [-0.25, -0.2) is 0 Å². The number of non-ortho nitro benzene ring substituents is 1. The van der Waals surface area contributed by atoms with Gasteiger partial charge in [0.25, 0.3) is 5.69 Å². The van der Waals surface area contributed by atoms with Crippen molar-refractivity contribution < 1.29 is 4.92 Å². The molecule has 1 aromatic carbocycles. The van der Waals surface area contributed by atoms with Gasteiger partial charge in [-0.1, -0.05) is 38.8 Å². The molecule has 1 aromatic rings. The van der Waals surface area contributed by atoms with Crippen molar-refractivity contribution in [1.29, 1.82) is 0 Å². The summed E-state index contributed by atoms with van der Waals surface area (Å²) in [5, 5.41) is 10.6. The molecule has 0 bridgehead atoms. The Morgan fingerprint density at radius 2 is 1.68 bits per heavy atom. The number of nitrogens with zero attached hydrogens (tertiary/aromatic N) is 1. The Balaban J connectivity index is 2.63. The predicted molar refractivity (Wildman–Crippen MR) is 78.1 cm³/mol. The zero-order valence-electron chi connectivity index (χ0n) is 11.8. The topological polar surface area (TPSA) is 69.2 Å². The van der Waals surface area contributed by atoms with Gasteiger partial charge in [0.05, 0.1) is 4.92 Å². The lowest BCUT2D eigenvalue weighted by atomic mass is 9.87.